The molecule has 1 saturated carbocycles. The van der Waals surface area contributed by atoms with Gasteiger partial charge in [-0.25, -0.2) is 0 Å². The van der Waals surface area contributed by atoms with Crippen molar-refractivity contribution in [2.75, 3.05) is 52.4 Å². The van der Waals surface area contributed by atoms with Crippen molar-refractivity contribution >= 4 is 29.1 Å². The molecule has 2 aromatic rings. The maximum absolute atomic E-state index is 13.5. The van der Waals surface area contributed by atoms with Gasteiger partial charge in [0.05, 0.1) is 29.6 Å². The standard InChI is InChI=1S/C32H43Cl2N3O2/c1-24-18-25(2)20-26(19-24)21-31(38)37-16-17-39-32(23-37,27-8-9-29(33)30(34)22-27)10-11-35-12-14-36(15-13-35)28-6-4-3-5-7-28/h8-9,18-20,22,28H,3-7,10-17,21,23H2,1-2H3. The van der Waals surface area contributed by atoms with Gasteiger partial charge in [0.1, 0.15) is 5.60 Å². The summed E-state index contributed by atoms with van der Waals surface area (Å²) in [5, 5.41) is 1.06. The third-order valence-corrected chi connectivity index (χ3v) is 9.69. The summed E-state index contributed by atoms with van der Waals surface area (Å²) >= 11 is 12.8. The molecule has 7 heteroatoms. The normalized spacial score (nSPS) is 23.7. The van der Waals surface area contributed by atoms with Crippen LogP contribution in [0.1, 0.15) is 60.8 Å². The van der Waals surface area contributed by atoms with Crippen LogP contribution in [0.4, 0.5) is 0 Å². The molecule has 0 N–H and O–H groups in total. The molecule has 212 valence electrons. The molecule has 1 aliphatic carbocycles. The number of aryl methyl sites for hydroxylation is 2. The molecule has 2 heterocycles. The van der Waals surface area contributed by atoms with Gasteiger partial charge in [0.15, 0.2) is 0 Å². The Bertz CT molecular complexity index is 1120. The van der Waals surface area contributed by atoms with Crippen molar-refractivity contribution in [1.82, 2.24) is 14.7 Å². The first-order valence-corrected chi connectivity index (χ1v) is 15.5. The molecule has 0 bridgehead atoms. The molecule has 2 aliphatic heterocycles. The largest absolute Gasteiger partial charge is 0.367 e. The van der Waals surface area contributed by atoms with E-state index in [1.807, 2.05) is 23.1 Å². The number of amides is 1. The number of rotatable bonds is 7. The predicted octanol–water partition coefficient (Wildman–Crippen LogP) is 6.25. The average molecular weight is 573 g/mol. The zero-order valence-corrected chi connectivity index (χ0v) is 25.1. The van der Waals surface area contributed by atoms with Gasteiger partial charge in [-0.1, -0.05) is 77.9 Å². The first-order valence-electron chi connectivity index (χ1n) is 14.7. The van der Waals surface area contributed by atoms with Gasteiger partial charge in [0, 0.05) is 45.3 Å². The summed E-state index contributed by atoms with van der Waals surface area (Å²) in [5.41, 5.74) is 3.84. The van der Waals surface area contributed by atoms with Crippen LogP contribution in [-0.2, 0) is 21.6 Å². The van der Waals surface area contributed by atoms with E-state index in [1.165, 1.54) is 43.2 Å². The van der Waals surface area contributed by atoms with Crippen molar-refractivity contribution in [2.24, 2.45) is 0 Å². The Morgan fingerprint density at radius 1 is 0.923 bits per heavy atom. The Kier molecular flexibility index (Phi) is 9.56. The minimum atomic E-state index is -0.606. The quantitative estimate of drug-likeness (QED) is 0.393. The van der Waals surface area contributed by atoms with Crippen molar-refractivity contribution in [3.05, 3.63) is 68.7 Å². The molecule has 1 unspecified atom stereocenters. The molecule has 0 spiro atoms. The van der Waals surface area contributed by atoms with Gasteiger partial charge in [-0.15, -0.1) is 0 Å². The molecule has 0 radical (unpaired) electrons. The molecular formula is C32H43Cl2N3O2. The molecular weight excluding hydrogens is 529 g/mol. The SMILES string of the molecule is Cc1cc(C)cc(CC(=O)N2CCOC(CCN3CCN(C4CCCCC4)CC3)(c3ccc(Cl)c(Cl)c3)C2)c1. The summed E-state index contributed by atoms with van der Waals surface area (Å²) in [5.74, 6) is 0.147. The van der Waals surface area contributed by atoms with E-state index >= 15 is 0 Å². The molecule has 3 aliphatic rings. The van der Waals surface area contributed by atoms with Crippen LogP contribution in [0.25, 0.3) is 0 Å². The molecule has 1 amide bonds. The number of morpholine rings is 1. The molecule has 2 aromatic carbocycles. The van der Waals surface area contributed by atoms with Crippen molar-refractivity contribution in [2.45, 2.75) is 70.4 Å². The van der Waals surface area contributed by atoms with Crippen LogP contribution < -0.4 is 0 Å². The lowest BCUT2D eigenvalue weighted by Gasteiger charge is -2.45. The van der Waals surface area contributed by atoms with Crippen LogP contribution >= 0.6 is 23.2 Å². The Labute approximate surface area is 244 Å². The van der Waals surface area contributed by atoms with Crippen LogP contribution in [0.15, 0.2) is 36.4 Å². The summed E-state index contributed by atoms with van der Waals surface area (Å²) in [7, 11) is 0. The maximum Gasteiger partial charge on any atom is 0.227 e. The van der Waals surface area contributed by atoms with Crippen molar-refractivity contribution in [3.8, 4) is 0 Å². The fourth-order valence-corrected chi connectivity index (χ4v) is 7.14. The summed E-state index contributed by atoms with van der Waals surface area (Å²) < 4.78 is 6.59. The monoisotopic (exact) mass is 571 g/mol. The highest BCUT2D eigenvalue weighted by Crippen LogP contribution is 2.37. The van der Waals surface area contributed by atoms with Crippen LogP contribution in [0.3, 0.4) is 0 Å². The first kappa shape index (κ1) is 28.9. The Hall–Kier alpha value is -1.63. The van der Waals surface area contributed by atoms with E-state index in [9.17, 15) is 4.79 Å². The van der Waals surface area contributed by atoms with E-state index in [0.717, 1.165) is 56.3 Å². The zero-order chi connectivity index (χ0) is 27.4. The van der Waals surface area contributed by atoms with Gasteiger partial charge in [-0.2, -0.15) is 0 Å². The minimum absolute atomic E-state index is 0.147. The average Bonchev–Trinajstić information content (AvgIpc) is 2.94. The molecule has 0 aromatic heterocycles. The Morgan fingerprint density at radius 3 is 2.33 bits per heavy atom. The number of nitrogens with zero attached hydrogens (tertiary/aromatic N) is 3. The molecule has 1 atom stereocenters. The van der Waals surface area contributed by atoms with Gasteiger partial charge < -0.3 is 14.5 Å². The Morgan fingerprint density at radius 2 is 1.64 bits per heavy atom. The van der Waals surface area contributed by atoms with Crippen molar-refractivity contribution in [1.29, 1.82) is 0 Å². The second kappa shape index (κ2) is 12.9. The molecule has 39 heavy (non-hydrogen) atoms. The lowest BCUT2D eigenvalue weighted by molar-refractivity contribution is -0.154. The predicted molar refractivity (Wildman–Crippen MR) is 160 cm³/mol. The Balaban J connectivity index is 1.28. The van der Waals surface area contributed by atoms with Crippen LogP contribution in [-0.4, -0.2) is 79.1 Å². The van der Waals surface area contributed by atoms with Gasteiger partial charge in [0.25, 0.3) is 0 Å². The van der Waals surface area contributed by atoms with E-state index in [-0.39, 0.29) is 5.91 Å². The maximum atomic E-state index is 13.5. The number of halogens is 2. The smallest absolute Gasteiger partial charge is 0.227 e. The number of hydrogen-bond donors (Lipinski definition) is 0. The molecule has 5 rings (SSSR count). The highest BCUT2D eigenvalue weighted by molar-refractivity contribution is 6.42. The summed E-state index contributed by atoms with van der Waals surface area (Å²) in [6, 6.07) is 13.0. The fraction of sp³-hybridized carbons (Fsp3) is 0.594. The number of carbonyl (C=O) groups excluding carboxylic acids is 1. The number of ether oxygens (including phenoxy) is 1. The molecule has 5 nitrogen and oxygen atoms in total. The van der Waals surface area contributed by atoms with E-state index in [0.29, 0.717) is 36.2 Å². The second-order valence-corrected chi connectivity index (χ2v) is 12.7. The third kappa shape index (κ3) is 7.18. The van der Waals surface area contributed by atoms with Gasteiger partial charge >= 0.3 is 0 Å². The fourth-order valence-electron chi connectivity index (χ4n) is 6.84. The lowest BCUT2D eigenvalue weighted by Crippen LogP contribution is -2.55. The van der Waals surface area contributed by atoms with E-state index in [2.05, 4.69) is 41.8 Å². The first-order chi connectivity index (χ1) is 18.8. The zero-order valence-electron chi connectivity index (χ0n) is 23.6. The number of carbonyl (C=O) groups is 1. The van der Waals surface area contributed by atoms with Crippen molar-refractivity contribution < 1.29 is 9.53 Å². The topological polar surface area (TPSA) is 36.0 Å². The second-order valence-electron chi connectivity index (χ2n) is 11.9. The van der Waals surface area contributed by atoms with Crippen LogP contribution in [0.5, 0.6) is 0 Å². The molecule has 3 fully saturated rings. The number of hydrogen-bond acceptors (Lipinski definition) is 4. The highest BCUT2D eigenvalue weighted by Gasteiger charge is 2.40. The highest BCUT2D eigenvalue weighted by atomic mass is 35.5. The number of benzene rings is 2. The summed E-state index contributed by atoms with van der Waals surface area (Å²) in [6.45, 7) is 11.2. The van der Waals surface area contributed by atoms with E-state index < -0.39 is 5.60 Å². The summed E-state index contributed by atoms with van der Waals surface area (Å²) in [4.78, 5) is 20.8. The number of piperazine rings is 1. The van der Waals surface area contributed by atoms with E-state index in [4.69, 9.17) is 27.9 Å². The van der Waals surface area contributed by atoms with Gasteiger partial charge in [0.2, 0.25) is 5.91 Å². The van der Waals surface area contributed by atoms with Gasteiger partial charge in [-0.05, 0) is 56.4 Å². The van der Waals surface area contributed by atoms with Crippen LogP contribution in [0.2, 0.25) is 10.0 Å². The minimum Gasteiger partial charge on any atom is -0.367 e. The third-order valence-electron chi connectivity index (χ3n) is 8.95. The lowest BCUT2D eigenvalue weighted by atomic mass is 9.87. The van der Waals surface area contributed by atoms with E-state index in [1.54, 1.807) is 0 Å². The molecule has 2 saturated heterocycles. The van der Waals surface area contributed by atoms with Crippen molar-refractivity contribution in [3.63, 3.8) is 0 Å². The summed E-state index contributed by atoms with van der Waals surface area (Å²) in [6.07, 6.45) is 8.10. The van der Waals surface area contributed by atoms with Crippen LogP contribution in [0, 0.1) is 13.8 Å². The van der Waals surface area contributed by atoms with Gasteiger partial charge in [-0.3, -0.25) is 9.69 Å².